The Morgan fingerprint density at radius 1 is 1.39 bits per heavy atom. The van der Waals surface area contributed by atoms with E-state index in [9.17, 15) is 0 Å². The summed E-state index contributed by atoms with van der Waals surface area (Å²) in [6, 6.07) is 5.88. The van der Waals surface area contributed by atoms with Gasteiger partial charge in [0.1, 0.15) is 5.01 Å². The molecule has 2 aromatic rings. The van der Waals surface area contributed by atoms with E-state index in [-0.39, 0.29) is 5.54 Å². The maximum absolute atomic E-state index is 5.95. The molecule has 0 aliphatic heterocycles. The monoisotopic (exact) mass is 279 g/mol. The Bertz CT molecular complexity index is 488. The molecule has 0 aromatic carbocycles. The first-order valence-electron chi connectivity index (χ1n) is 5.77. The van der Waals surface area contributed by atoms with Crippen molar-refractivity contribution in [3.8, 4) is 10.7 Å². The summed E-state index contributed by atoms with van der Waals surface area (Å²) in [5.74, 6) is 1.84. The van der Waals surface area contributed by atoms with Crippen LogP contribution in [0.2, 0.25) is 0 Å². The van der Waals surface area contributed by atoms with Gasteiger partial charge in [0.25, 0.3) is 0 Å². The molecule has 0 amide bonds. The van der Waals surface area contributed by atoms with Gasteiger partial charge in [0.15, 0.2) is 0 Å². The van der Waals surface area contributed by atoms with Crippen molar-refractivity contribution in [3.05, 3.63) is 35.5 Å². The van der Waals surface area contributed by atoms with Crippen LogP contribution in [0.3, 0.4) is 0 Å². The molecule has 0 fully saturated rings. The van der Waals surface area contributed by atoms with E-state index >= 15 is 0 Å². The van der Waals surface area contributed by atoms with Gasteiger partial charge in [-0.25, -0.2) is 4.98 Å². The number of nitrogens with two attached hydrogens (primary N) is 1. The van der Waals surface area contributed by atoms with E-state index in [4.69, 9.17) is 5.73 Å². The first kappa shape index (κ1) is 13.5. The van der Waals surface area contributed by atoms with Crippen molar-refractivity contribution in [2.75, 3.05) is 5.75 Å². The van der Waals surface area contributed by atoms with Crippen molar-refractivity contribution in [2.45, 2.75) is 25.1 Å². The molecule has 0 bridgehead atoms. The Balaban J connectivity index is 1.95. The largest absolute Gasteiger partial charge is 0.325 e. The first-order valence-corrected chi connectivity index (χ1v) is 7.80. The zero-order valence-corrected chi connectivity index (χ0v) is 12.2. The lowest BCUT2D eigenvalue weighted by Gasteiger charge is -2.16. The molecule has 2 rings (SSSR count). The summed E-state index contributed by atoms with van der Waals surface area (Å²) in [6.07, 6.45) is 1.79. The van der Waals surface area contributed by atoms with Crippen molar-refractivity contribution in [1.29, 1.82) is 0 Å². The van der Waals surface area contributed by atoms with Crippen molar-refractivity contribution in [2.24, 2.45) is 5.73 Å². The van der Waals surface area contributed by atoms with Crippen LogP contribution in [-0.4, -0.2) is 21.3 Å². The van der Waals surface area contributed by atoms with Gasteiger partial charge in [0, 0.05) is 28.6 Å². The summed E-state index contributed by atoms with van der Waals surface area (Å²) < 4.78 is 0. The predicted octanol–water partition coefficient (Wildman–Crippen LogP) is 3.18. The zero-order chi connectivity index (χ0) is 13.0. The van der Waals surface area contributed by atoms with Gasteiger partial charge in [-0.2, -0.15) is 11.8 Å². The van der Waals surface area contributed by atoms with Crippen LogP contribution in [0.25, 0.3) is 10.7 Å². The smallest absolute Gasteiger partial charge is 0.142 e. The van der Waals surface area contributed by atoms with Gasteiger partial charge in [-0.15, -0.1) is 11.3 Å². The molecule has 18 heavy (non-hydrogen) atoms. The van der Waals surface area contributed by atoms with Crippen LogP contribution in [-0.2, 0) is 5.75 Å². The van der Waals surface area contributed by atoms with Crippen LogP contribution >= 0.6 is 23.1 Å². The Hall–Kier alpha value is -0.910. The highest BCUT2D eigenvalue weighted by atomic mass is 32.2. The van der Waals surface area contributed by atoms with Gasteiger partial charge >= 0.3 is 0 Å². The maximum atomic E-state index is 5.95. The summed E-state index contributed by atoms with van der Waals surface area (Å²) in [7, 11) is 0. The number of aromatic nitrogens is 2. The molecular weight excluding hydrogens is 262 g/mol. The molecule has 0 unspecified atom stereocenters. The molecule has 2 aromatic heterocycles. The minimum atomic E-state index is -0.121. The predicted molar refractivity (Wildman–Crippen MR) is 79.8 cm³/mol. The molecule has 0 saturated heterocycles. The highest BCUT2D eigenvalue weighted by Crippen LogP contribution is 2.24. The summed E-state index contributed by atoms with van der Waals surface area (Å²) in [5, 5.41) is 3.08. The summed E-state index contributed by atoms with van der Waals surface area (Å²) in [6.45, 7) is 4.08. The van der Waals surface area contributed by atoms with E-state index in [1.807, 2.05) is 43.8 Å². The van der Waals surface area contributed by atoms with E-state index < -0.39 is 0 Å². The van der Waals surface area contributed by atoms with E-state index in [2.05, 4.69) is 15.3 Å². The average molecular weight is 279 g/mol. The second kappa shape index (κ2) is 5.82. The Morgan fingerprint density at radius 2 is 2.22 bits per heavy atom. The van der Waals surface area contributed by atoms with E-state index in [1.54, 1.807) is 17.5 Å². The molecule has 0 aliphatic rings. The van der Waals surface area contributed by atoms with E-state index in [0.29, 0.717) is 0 Å². The number of thiazole rings is 1. The molecular formula is C13H17N3S2. The van der Waals surface area contributed by atoms with Crippen LogP contribution in [0.15, 0.2) is 29.8 Å². The second-order valence-electron chi connectivity index (χ2n) is 4.84. The normalized spacial score (nSPS) is 11.7. The topological polar surface area (TPSA) is 51.8 Å². The third-order valence-electron chi connectivity index (χ3n) is 2.16. The Kier molecular flexibility index (Phi) is 4.37. The van der Waals surface area contributed by atoms with E-state index in [1.165, 1.54) is 0 Å². The quantitative estimate of drug-likeness (QED) is 0.913. The number of hydrogen-bond acceptors (Lipinski definition) is 5. The maximum Gasteiger partial charge on any atom is 0.142 e. The lowest BCUT2D eigenvalue weighted by Crippen LogP contribution is -2.34. The van der Waals surface area contributed by atoms with Gasteiger partial charge in [0.2, 0.25) is 0 Å². The molecule has 2 N–H and O–H groups in total. The fraction of sp³-hybridized carbons (Fsp3) is 0.385. The third kappa shape index (κ3) is 4.08. The van der Waals surface area contributed by atoms with Crippen LogP contribution in [0.4, 0.5) is 0 Å². The van der Waals surface area contributed by atoms with Gasteiger partial charge in [-0.05, 0) is 26.0 Å². The highest BCUT2D eigenvalue weighted by molar-refractivity contribution is 7.98. The molecule has 0 atom stereocenters. The summed E-state index contributed by atoms with van der Waals surface area (Å²) in [5.41, 5.74) is 7.88. The van der Waals surface area contributed by atoms with Crippen LogP contribution < -0.4 is 5.73 Å². The fourth-order valence-corrected chi connectivity index (χ4v) is 3.28. The number of pyridine rings is 1. The lowest BCUT2D eigenvalue weighted by atomic mass is 10.1. The van der Waals surface area contributed by atoms with Crippen molar-refractivity contribution in [1.82, 2.24) is 9.97 Å². The molecule has 2 heterocycles. The minimum Gasteiger partial charge on any atom is -0.325 e. The van der Waals surface area contributed by atoms with Crippen LogP contribution in [0.1, 0.15) is 19.5 Å². The average Bonchev–Trinajstić information content (AvgIpc) is 2.77. The molecule has 0 saturated carbocycles. The molecule has 3 nitrogen and oxygen atoms in total. The summed E-state index contributed by atoms with van der Waals surface area (Å²) >= 11 is 3.46. The van der Waals surface area contributed by atoms with Gasteiger partial charge in [-0.1, -0.05) is 6.07 Å². The zero-order valence-electron chi connectivity index (χ0n) is 10.6. The van der Waals surface area contributed by atoms with Crippen molar-refractivity contribution >= 4 is 23.1 Å². The molecule has 0 spiro atoms. The Morgan fingerprint density at radius 3 is 2.89 bits per heavy atom. The number of nitrogens with zero attached hydrogens (tertiary/aromatic N) is 2. The van der Waals surface area contributed by atoms with Crippen LogP contribution in [0, 0.1) is 0 Å². The van der Waals surface area contributed by atoms with Crippen LogP contribution in [0.5, 0.6) is 0 Å². The standard InChI is InChI=1S/C13H17N3S2/c1-13(2,14)9-17-7-10-8-18-12(16-10)11-5-3-4-6-15-11/h3-6,8H,7,9,14H2,1-2H3. The van der Waals surface area contributed by atoms with Gasteiger partial charge in [0.05, 0.1) is 11.4 Å². The van der Waals surface area contributed by atoms with Gasteiger partial charge < -0.3 is 5.73 Å². The molecule has 0 radical (unpaired) electrons. The fourth-order valence-electron chi connectivity index (χ4n) is 1.40. The summed E-state index contributed by atoms with van der Waals surface area (Å²) in [4.78, 5) is 8.90. The number of rotatable bonds is 5. The first-order chi connectivity index (χ1) is 8.54. The molecule has 5 heteroatoms. The van der Waals surface area contributed by atoms with Gasteiger partial charge in [-0.3, -0.25) is 4.98 Å². The third-order valence-corrected chi connectivity index (χ3v) is 4.52. The SMILES string of the molecule is CC(C)(N)CSCc1csc(-c2ccccn2)n1. The molecule has 0 aliphatic carbocycles. The lowest BCUT2D eigenvalue weighted by molar-refractivity contribution is 0.591. The number of thioether (sulfide) groups is 1. The van der Waals surface area contributed by atoms with Crippen molar-refractivity contribution < 1.29 is 0 Å². The number of hydrogen-bond donors (Lipinski definition) is 1. The van der Waals surface area contributed by atoms with E-state index in [0.717, 1.165) is 27.9 Å². The second-order valence-corrected chi connectivity index (χ2v) is 6.68. The highest BCUT2D eigenvalue weighted by Gasteiger charge is 2.11. The molecule has 96 valence electrons. The Labute approximate surface area is 116 Å². The minimum absolute atomic E-state index is 0.121. The van der Waals surface area contributed by atoms with Crippen molar-refractivity contribution in [3.63, 3.8) is 0 Å².